The van der Waals surface area contributed by atoms with Gasteiger partial charge in [0.25, 0.3) is 0 Å². The van der Waals surface area contributed by atoms with Gasteiger partial charge < -0.3 is 15.2 Å². The van der Waals surface area contributed by atoms with Crippen LogP contribution in [0.25, 0.3) is 0 Å². The van der Waals surface area contributed by atoms with Crippen molar-refractivity contribution in [3.8, 4) is 0 Å². The van der Waals surface area contributed by atoms with Gasteiger partial charge in [-0.15, -0.1) is 11.3 Å². The predicted molar refractivity (Wildman–Crippen MR) is 65.6 cm³/mol. The average Bonchev–Trinajstić information content (AvgIpc) is 2.74. The minimum Gasteiger partial charge on any atom is -0.477 e. The molecule has 0 bridgehead atoms. The summed E-state index contributed by atoms with van der Waals surface area (Å²) in [5.41, 5.74) is 0.359. The number of anilines is 1. The van der Waals surface area contributed by atoms with Gasteiger partial charge in [-0.2, -0.15) is 0 Å². The SMILES string of the molecule is COC(C)CCC(=O)Nc1ccsc1C(=O)O. The number of rotatable bonds is 6. The Labute approximate surface area is 103 Å². The standard InChI is InChI=1S/C11H15NO4S/c1-7(16-2)3-4-9(13)12-8-5-6-17-10(8)11(14)15/h5-7H,3-4H2,1-2H3,(H,12,13)(H,14,15). The normalized spacial score (nSPS) is 12.1. The van der Waals surface area contributed by atoms with Crippen LogP contribution in [0.5, 0.6) is 0 Å². The summed E-state index contributed by atoms with van der Waals surface area (Å²) in [5.74, 6) is -1.23. The largest absolute Gasteiger partial charge is 0.477 e. The van der Waals surface area contributed by atoms with Crippen LogP contribution in [0.3, 0.4) is 0 Å². The Morgan fingerprint density at radius 3 is 2.88 bits per heavy atom. The smallest absolute Gasteiger partial charge is 0.348 e. The minimum atomic E-state index is -1.03. The first-order valence-electron chi connectivity index (χ1n) is 5.18. The molecule has 5 nitrogen and oxygen atoms in total. The highest BCUT2D eigenvalue weighted by Crippen LogP contribution is 2.22. The number of hydrogen-bond acceptors (Lipinski definition) is 4. The third-order valence-corrected chi connectivity index (χ3v) is 3.22. The number of nitrogens with one attached hydrogen (secondary N) is 1. The van der Waals surface area contributed by atoms with Crippen molar-refractivity contribution in [2.24, 2.45) is 0 Å². The molecule has 1 atom stereocenters. The summed E-state index contributed by atoms with van der Waals surface area (Å²) in [6, 6.07) is 1.59. The van der Waals surface area contributed by atoms with E-state index in [-0.39, 0.29) is 16.9 Å². The summed E-state index contributed by atoms with van der Waals surface area (Å²) < 4.78 is 5.03. The van der Waals surface area contributed by atoms with E-state index in [1.54, 1.807) is 18.6 Å². The zero-order chi connectivity index (χ0) is 12.8. The van der Waals surface area contributed by atoms with E-state index in [0.717, 1.165) is 11.3 Å². The molecule has 1 unspecified atom stereocenters. The van der Waals surface area contributed by atoms with Crippen LogP contribution in [0, 0.1) is 0 Å². The lowest BCUT2D eigenvalue weighted by atomic mass is 10.2. The van der Waals surface area contributed by atoms with Gasteiger partial charge in [0, 0.05) is 13.5 Å². The van der Waals surface area contributed by atoms with Gasteiger partial charge in [0.05, 0.1) is 11.8 Å². The number of carboxylic acid groups (broad SMARTS) is 1. The average molecular weight is 257 g/mol. The lowest BCUT2D eigenvalue weighted by Gasteiger charge is -2.09. The Morgan fingerprint density at radius 2 is 2.29 bits per heavy atom. The Balaban J connectivity index is 2.51. The Hall–Kier alpha value is -1.40. The second kappa shape index (κ2) is 6.36. The molecule has 1 aromatic heterocycles. The molecular weight excluding hydrogens is 242 g/mol. The number of aromatic carboxylic acids is 1. The molecule has 0 aliphatic rings. The molecule has 1 aromatic rings. The fourth-order valence-corrected chi connectivity index (χ4v) is 1.93. The highest BCUT2D eigenvalue weighted by molar-refractivity contribution is 7.12. The number of methoxy groups -OCH3 is 1. The lowest BCUT2D eigenvalue weighted by Crippen LogP contribution is -2.16. The first-order valence-corrected chi connectivity index (χ1v) is 6.06. The van der Waals surface area contributed by atoms with E-state index in [1.165, 1.54) is 0 Å². The third kappa shape index (κ3) is 4.16. The lowest BCUT2D eigenvalue weighted by molar-refractivity contribution is -0.116. The van der Waals surface area contributed by atoms with Gasteiger partial charge in [-0.05, 0) is 24.8 Å². The van der Waals surface area contributed by atoms with Crippen molar-refractivity contribution in [1.29, 1.82) is 0 Å². The van der Waals surface area contributed by atoms with Crippen molar-refractivity contribution in [2.75, 3.05) is 12.4 Å². The van der Waals surface area contributed by atoms with E-state index in [2.05, 4.69) is 5.32 Å². The van der Waals surface area contributed by atoms with Gasteiger partial charge in [-0.1, -0.05) is 0 Å². The molecule has 2 N–H and O–H groups in total. The number of ether oxygens (including phenoxy) is 1. The quantitative estimate of drug-likeness (QED) is 0.819. The van der Waals surface area contributed by atoms with Gasteiger partial charge in [0.2, 0.25) is 5.91 Å². The van der Waals surface area contributed by atoms with E-state index in [0.29, 0.717) is 18.5 Å². The summed E-state index contributed by atoms with van der Waals surface area (Å²) >= 11 is 1.09. The summed E-state index contributed by atoms with van der Waals surface area (Å²) in [6.45, 7) is 1.88. The van der Waals surface area contributed by atoms with E-state index in [1.807, 2.05) is 6.92 Å². The number of hydrogen-bond donors (Lipinski definition) is 2. The fourth-order valence-electron chi connectivity index (χ4n) is 1.24. The van der Waals surface area contributed by atoms with Gasteiger partial charge in [-0.3, -0.25) is 4.79 Å². The van der Waals surface area contributed by atoms with Crippen molar-refractivity contribution in [3.05, 3.63) is 16.3 Å². The predicted octanol–water partition coefficient (Wildman–Crippen LogP) is 2.20. The molecule has 1 amide bonds. The molecule has 1 rings (SSSR count). The highest BCUT2D eigenvalue weighted by Gasteiger charge is 2.14. The Morgan fingerprint density at radius 1 is 1.59 bits per heavy atom. The molecular formula is C11H15NO4S. The Bertz CT molecular complexity index is 402. The first kappa shape index (κ1) is 13.7. The molecule has 1 heterocycles. The van der Waals surface area contributed by atoms with Crippen LogP contribution in [0.2, 0.25) is 0 Å². The topological polar surface area (TPSA) is 75.6 Å². The highest BCUT2D eigenvalue weighted by atomic mass is 32.1. The van der Waals surface area contributed by atoms with Crippen LogP contribution in [0.1, 0.15) is 29.4 Å². The van der Waals surface area contributed by atoms with Gasteiger partial charge in [0.15, 0.2) is 0 Å². The molecule has 0 radical (unpaired) electrons. The molecule has 6 heteroatoms. The first-order chi connectivity index (χ1) is 8.04. The van der Waals surface area contributed by atoms with Crippen molar-refractivity contribution < 1.29 is 19.4 Å². The molecule has 94 valence electrons. The molecule has 17 heavy (non-hydrogen) atoms. The fraction of sp³-hybridized carbons (Fsp3) is 0.455. The van der Waals surface area contributed by atoms with Crippen molar-refractivity contribution in [2.45, 2.75) is 25.9 Å². The number of carbonyl (C=O) groups is 2. The van der Waals surface area contributed by atoms with Crippen LogP contribution in [-0.4, -0.2) is 30.2 Å². The molecule has 0 aliphatic carbocycles. The van der Waals surface area contributed by atoms with Crippen LogP contribution in [0.15, 0.2) is 11.4 Å². The maximum atomic E-state index is 11.6. The van der Waals surface area contributed by atoms with E-state index >= 15 is 0 Å². The van der Waals surface area contributed by atoms with Crippen molar-refractivity contribution in [1.82, 2.24) is 0 Å². The minimum absolute atomic E-state index is 0.0159. The zero-order valence-electron chi connectivity index (χ0n) is 9.73. The van der Waals surface area contributed by atoms with Crippen LogP contribution >= 0.6 is 11.3 Å². The van der Waals surface area contributed by atoms with Crippen molar-refractivity contribution >= 4 is 28.9 Å². The molecule has 0 saturated heterocycles. The molecule has 0 saturated carbocycles. The maximum absolute atomic E-state index is 11.6. The maximum Gasteiger partial charge on any atom is 0.348 e. The molecule has 0 spiro atoms. The van der Waals surface area contributed by atoms with Crippen LogP contribution in [0.4, 0.5) is 5.69 Å². The summed E-state index contributed by atoms with van der Waals surface area (Å²) in [7, 11) is 1.59. The Kier molecular flexibility index (Phi) is 5.11. The van der Waals surface area contributed by atoms with E-state index in [9.17, 15) is 9.59 Å². The van der Waals surface area contributed by atoms with Gasteiger partial charge in [0.1, 0.15) is 4.88 Å². The summed E-state index contributed by atoms with van der Waals surface area (Å²) in [6.07, 6.45) is 0.931. The van der Waals surface area contributed by atoms with E-state index in [4.69, 9.17) is 9.84 Å². The number of thiophene rings is 1. The van der Waals surface area contributed by atoms with E-state index < -0.39 is 5.97 Å². The number of carboxylic acids is 1. The number of carbonyl (C=O) groups excluding carboxylic acids is 1. The molecule has 0 aromatic carbocycles. The van der Waals surface area contributed by atoms with Crippen molar-refractivity contribution in [3.63, 3.8) is 0 Å². The molecule has 0 aliphatic heterocycles. The van der Waals surface area contributed by atoms with Crippen LogP contribution < -0.4 is 5.32 Å². The number of amides is 1. The summed E-state index contributed by atoms with van der Waals surface area (Å²) in [4.78, 5) is 22.5. The van der Waals surface area contributed by atoms with Gasteiger partial charge in [-0.25, -0.2) is 4.79 Å². The molecule has 0 fully saturated rings. The van der Waals surface area contributed by atoms with Gasteiger partial charge >= 0.3 is 5.97 Å². The summed E-state index contributed by atoms with van der Waals surface area (Å²) in [5, 5.41) is 13.1. The monoisotopic (exact) mass is 257 g/mol. The zero-order valence-corrected chi connectivity index (χ0v) is 10.5. The third-order valence-electron chi connectivity index (χ3n) is 2.31. The second-order valence-electron chi connectivity index (χ2n) is 3.60. The van der Waals surface area contributed by atoms with Crippen LogP contribution in [-0.2, 0) is 9.53 Å². The second-order valence-corrected chi connectivity index (χ2v) is 4.52.